The maximum atomic E-state index is 10.9. The van der Waals surface area contributed by atoms with Crippen molar-refractivity contribution in [2.24, 2.45) is 0 Å². The maximum absolute atomic E-state index is 10.9. The van der Waals surface area contributed by atoms with E-state index in [2.05, 4.69) is 11.7 Å². The van der Waals surface area contributed by atoms with E-state index in [1.165, 1.54) is 7.11 Å². The van der Waals surface area contributed by atoms with Gasteiger partial charge in [-0.25, -0.2) is 4.79 Å². The third kappa shape index (κ3) is 4.44. The van der Waals surface area contributed by atoms with Crippen LogP contribution in [0.15, 0.2) is 24.3 Å². The zero-order chi connectivity index (χ0) is 8.27. The summed E-state index contributed by atoms with van der Waals surface area (Å²) in [7, 11) is 1.36. The molecule has 0 amide bonds. The molecule has 0 heterocycles. The number of carbonyl (C=O) groups excluding carboxylic acids is 1. The normalized spacial score (nSPS) is 7.77. The number of hydrogen-bond donors (Lipinski definition) is 0. The summed E-state index contributed by atoms with van der Waals surface area (Å²) in [5.41, 5.74) is 1.44. The number of hydrogen-bond acceptors (Lipinski definition) is 2. The third-order valence-electron chi connectivity index (χ3n) is 1.38. The molecular weight excluding hydrogens is 285 g/mol. The van der Waals surface area contributed by atoms with Gasteiger partial charge < -0.3 is 21.7 Å². The van der Waals surface area contributed by atoms with Crippen molar-refractivity contribution in [1.82, 2.24) is 0 Å². The standard InChI is InChI=1S/C9H9O2.BrH.Zn/c1-7-3-5-8(6-4-7)9(10)11-2;;/h3-6H,1H2,2H3;1H;/q-1;;+2/p-1. The number of rotatable bonds is 1. The number of esters is 1. The Morgan fingerprint density at radius 3 is 2.15 bits per heavy atom. The van der Waals surface area contributed by atoms with Crippen LogP contribution in [0.3, 0.4) is 0 Å². The fourth-order valence-electron chi connectivity index (χ4n) is 0.759. The summed E-state index contributed by atoms with van der Waals surface area (Å²) >= 11 is 0. The summed E-state index contributed by atoms with van der Waals surface area (Å²) in [6.45, 7) is 3.69. The number of benzene rings is 1. The molecule has 1 rings (SSSR count). The van der Waals surface area contributed by atoms with Crippen LogP contribution < -0.4 is 17.0 Å². The van der Waals surface area contributed by atoms with Gasteiger partial charge in [0, 0.05) is 5.56 Å². The molecule has 0 fully saturated rings. The number of ether oxygens (including phenoxy) is 1. The molecule has 0 unspecified atom stereocenters. The molecule has 0 atom stereocenters. The molecule has 66 valence electrons. The van der Waals surface area contributed by atoms with Crippen molar-refractivity contribution < 1.29 is 46.0 Å². The van der Waals surface area contributed by atoms with E-state index >= 15 is 0 Å². The van der Waals surface area contributed by atoms with E-state index in [9.17, 15) is 4.79 Å². The molecule has 0 saturated heterocycles. The van der Waals surface area contributed by atoms with Crippen LogP contribution in [0, 0.1) is 6.92 Å². The largest absolute Gasteiger partial charge is 2.00 e. The molecule has 1 aromatic carbocycles. The molecule has 0 radical (unpaired) electrons. The topological polar surface area (TPSA) is 26.3 Å². The van der Waals surface area contributed by atoms with Gasteiger partial charge in [0.1, 0.15) is 0 Å². The molecule has 4 heteroatoms. The summed E-state index contributed by atoms with van der Waals surface area (Å²) < 4.78 is 4.52. The van der Waals surface area contributed by atoms with Gasteiger partial charge in [0.2, 0.25) is 0 Å². The molecule has 0 saturated carbocycles. The summed E-state index contributed by atoms with van der Waals surface area (Å²) in [5, 5.41) is 0. The van der Waals surface area contributed by atoms with Crippen molar-refractivity contribution in [3.8, 4) is 0 Å². The van der Waals surface area contributed by atoms with Gasteiger partial charge in [0.05, 0.1) is 7.11 Å². The predicted octanol–water partition coefficient (Wildman–Crippen LogP) is -1.34. The van der Waals surface area contributed by atoms with E-state index in [-0.39, 0.29) is 42.4 Å². The summed E-state index contributed by atoms with van der Waals surface area (Å²) in [4.78, 5) is 10.9. The van der Waals surface area contributed by atoms with Crippen LogP contribution in [0.25, 0.3) is 0 Å². The minimum atomic E-state index is -0.315. The van der Waals surface area contributed by atoms with E-state index in [4.69, 9.17) is 0 Å². The molecule has 2 nitrogen and oxygen atoms in total. The third-order valence-corrected chi connectivity index (χ3v) is 1.38. The molecule has 13 heavy (non-hydrogen) atoms. The van der Waals surface area contributed by atoms with Crippen molar-refractivity contribution >= 4 is 5.97 Å². The van der Waals surface area contributed by atoms with Crippen LogP contribution in [-0.2, 0) is 24.2 Å². The summed E-state index contributed by atoms with van der Waals surface area (Å²) in [5.74, 6) is -0.315. The maximum Gasteiger partial charge on any atom is 2.00 e. The molecule has 0 aromatic heterocycles. The van der Waals surface area contributed by atoms with Crippen molar-refractivity contribution in [2.75, 3.05) is 7.11 Å². The Balaban J connectivity index is 0. The number of halogens is 1. The van der Waals surface area contributed by atoms with Crippen LogP contribution >= 0.6 is 0 Å². The Bertz CT molecular complexity index is 259. The Morgan fingerprint density at radius 1 is 1.31 bits per heavy atom. The van der Waals surface area contributed by atoms with E-state index in [1.54, 1.807) is 24.3 Å². The van der Waals surface area contributed by atoms with Gasteiger partial charge in [-0.3, -0.25) is 0 Å². The fourth-order valence-corrected chi connectivity index (χ4v) is 0.759. The first-order chi connectivity index (χ1) is 5.24. The zero-order valence-corrected chi connectivity index (χ0v) is 12.0. The first-order valence-electron chi connectivity index (χ1n) is 3.24. The minimum absolute atomic E-state index is 0. The number of carbonyl (C=O) groups is 1. The molecule has 1 aromatic rings. The Kier molecular flexibility index (Phi) is 8.28. The van der Waals surface area contributed by atoms with Crippen molar-refractivity contribution in [3.05, 3.63) is 42.3 Å². The van der Waals surface area contributed by atoms with Crippen LogP contribution in [-0.4, -0.2) is 13.1 Å². The van der Waals surface area contributed by atoms with Gasteiger partial charge in [-0.05, 0) is 0 Å². The van der Waals surface area contributed by atoms with E-state index in [1.807, 2.05) is 0 Å². The summed E-state index contributed by atoms with van der Waals surface area (Å²) in [6, 6.07) is 6.92. The van der Waals surface area contributed by atoms with Crippen LogP contribution in [0.5, 0.6) is 0 Å². The average Bonchev–Trinajstić information content (AvgIpc) is 2.05. The minimum Gasteiger partial charge on any atom is -1.00 e. The Labute approximate surface area is 101 Å². The smallest absolute Gasteiger partial charge is 1.00 e. The molecular formula is C9H9BrO2Zn. The van der Waals surface area contributed by atoms with Gasteiger partial charge in [-0.15, -0.1) is 12.1 Å². The van der Waals surface area contributed by atoms with Gasteiger partial charge >= 0.3 is 25.4 Å². The molecule has 0 N–H and O–H groups in total. The predicted molar refractivity (Wildman–Crippen MR) is 42.2 cm³/mol. The average molecular weight is 294 g/mol. The van der Waals surface area contributed by atoms with Crippen molar-refractivity contribution in [1.29, 1.82) is 0 Å². The first kappa shape index (κ1) is 15.1. The first-order valence-corrected chi connectivity index (χ1v) is 3.24. The number of methoxy groups -OCH3 is 1. The van der Waals surface area contributed by atoms with E-state index in [0.717, 1.165) is 5.56 Å². The summed E-state index contributed by atoms with van der Waals surface area (Å²) in [6.07, 6.45) is 0. The second-order valence-electron chi connectivity index (χ2n) is 2.19. The monoisotopic (exact) mass is 292 g/mol. The van der Waals surface area contributed by atoms with Gasteiger partial charge in [0.25, 0.3) is 0 Å². The van der Waals surface area contributed by atoms with E-state index < -0.39 is 0 Å². The quantitative estimate of drug-likeness (QED) is 0.364. The van der Waals surface area contributed by atoms with Crippen LogP contribution in [0.1, 0.15) is 15.9 Å². The molecule has 0 bridgehead atoms. The molecule has 0 spiro atoms. The Morgan fingerprint density at radius 2 is 1.77 bits per heavy atom. The van der Waals surface area contributed by atoms with Gasteiger partial charge in [-0.2, -0.15) is 24.6 Å². The zero-order valence-electron chi connectivity index (χ0n) is 7.42. The second kappa shape index (κ2) is 7.10. The molecule has 0 aliphatic carbocycles. The Hall–Kier alpha value is -0.337. The van der Waals surface area contributed by atoms with Gasteiger partial charge in [-0.1, -0.05) is 0 Å². The second-order valence-corrected chi connectivity index (χ2v) is 2.19. The van der Waals surface area contributed by atoms with Crippen molar-refractivity contribution in [3.63, 3.8) is 0 Å². The SMILES string of the molecule is [Br-].[CH2-]c1ccc(C(=O)OC)cc1.[Zn+2]. The van der Waals surface area contributed by atoms with E-state index in [0.29, 0.717) is 5.56 Å². The van der Waals surface area contributed by atoms with Crippen molar-refractivity contribution in [2.45, 2.75) is 0 Å². The van der Waals surface area contributed by atoms with Gasteiger partial charge in [0.15, 0.2) is 0 Å². The van der Waals surface area contributed by atoms with Crippen LogP contribution in [0.2, 0.25) is 0 Å². The molecule has 0 aliphatic rings. The fraction of sp³-hybridized carbons (Fsp3) is 0.111. The van der Waals surface area contributed by atoms with Crippen LogP contribution in [0.4, 0.5) is 0 Å². The molecule has 0 aliphatic heterocycles.